The lowest BCUT2D eigenvalue weighted by molar-refractivity contribution is -0.0483. The van der Waals surface area contributed by atoms with Gasteiger partial charge < -0.3 is 4.74 Å². The third-order valence-electron chi connectivity index (χ3n) is 4.58. The van der Waals surface area contributed by atoms with Gasteiger partial charge in [0.25, 0.3) is 0 Å². The van der Waals surface area contributed by atoms with Crippen LogP contribution in [0.25, 0.3) is 0 Å². The van der Waals surface area contributed by atoms with Crippen molar-refractivity contribution in [1.29, 1.82) is 0 Å². The molecule has 0 radical (unpaired) electrons. The summed E-state index contributed by atoms with van der Waals surface area (Å²) in [7, 11) is -3.57. The Morgan fingerprint density at radius 1 is 1.15 bits per heavy atom. The van der Waals surface area contributed by atoms with Crippen molar-refractivity contribution in [2.75, 3.05) is 13.2 Å². The van der Waals surface area contributed by atoms with Gasteiger partial charge in [-0.3, -0.25) is 0 Å². The Morgan fingerprint density at radius 2 is 1.80 bits per heavy atom. The quantitative estimate of drug-likeness (QED) is 0.929. The van der Waals surface area contributed by atoms with E-state index in [1.165, 1.54) is 24.3 Å². The summed E-state index contributed by atoms with van der Waals surface area (Å²) in [6.45, 7) is 1.41. The Hall–Kier alpha value is -0.980. The van der Waals surface area contributed by atoms with Crippen LogP contribution in [0.2, 0.25) is 0 Å². The molecule has 1 aliphatic carbocycles. The SMILES string of the molecule is O=S(=O)(NC1CCC12CCOCC2)c1ccc(F)cc1. The lowest BCUT2D eigenvalue weighted by atomic mass is 9.60. The molecule has 1 saturated carbocycles. The van der Waals surface area contributed by atoms with Crippen LogP contribution in [0.4, 0.5) is 4.39 Å². The monoisotopic (exact) mass is 299 g/mol. The fourth-order valence-corrected chi connectivity index (χ4v) is 4.50. The van der Waals surface area contributed by atoms with Gasteiger partial charge >= 0.3 is 0 Å². The molecular formula is C14H18FNO3S. The zero-order valence-corrected chi connectivity index (χ0v) is 12.0. The second-order valence-electron chi connectivity index (χ2n) is 5.64. The smallest absolute Gasteiger partial charge is 0.240 e. The summed E-state index contributed by atoms with van der Waals surface area (Å²) >= 11 is 0. The van der Waals surface area contributed by atoms with Crippen molar-refractivity contribution in [3.63, 3.8) is 0 Å². The maximum Gasteiger partial charge on any atom is 0.240 e. The van der Waals surface area contributed by atoms with E-state index in [1.54, 1.807) is 0 Å². The molecule has 0 amide bonds. The van der Waals surface area contributed by atoms with E-state index < -0.39 is 15.8 Å². The first-order valence-electron chi connectivity index (χ1n) is 6.88. The van der Waals surface area contributed by atoms with E-state index in [9.17, 15) is 12.8 Å². The van der Waals surface area contributed by atoms with Gasteiger partial charge in [0.2, 0.25) is 10.0 Å². The number of halogens is 1. The van der Waals surface area contributed by atoms with Crippen LogP contribution in [0.5, 0.6) is 0 Å². The molecule has 1 aromatic carbocycles. The van der Waals surface area contributed by atoms with Crippen LogP contribution in [0.1, 0.15) is 25.7 Å². The summed E-state index contributed by atoms with van der Waals surface area (Å²) < 4.78 is 45.6. The maximum atomic E-state index is 12.9. The van der Waals surface area contributed by atoms with Crippen molar-refractivity contribution in [3.05, 3.63) is 30.1 Å². The molecule has 1 saturated heterocycles. The maximum absolute atomic E-state index is 12.9. The molecule has 1 N–H and O–H groups in total. The molecule has 3 rings (SSSR count). The van der Waals surface area contributed by atoms with Crippen LogP contribution >= 0.6 is 0 Å². The van der Waals surface area contributed by atoms with Crippen LogP contribution in [-0.2, 0) is 14.8 Å². The number of benzene rings is 1. The Kier molecular flexibility index (Phi) is 3.56. The van der Waals surface area contributed by atoms with Gasteiger partial charge in [0.15, 0.2) is 0 Å². The molecule has 2 fully saturated rings. The molecular weight excluding hydrogens is 281 g/mol. The fourth-order valence-electron chi connectivity index (χ4n) is 3.13. The van der Waals surface area contributed by atoms with E-state index in [0.717, 1.165) is 25.7 Å². The zero-order valence-electron chi connectivity index (χ0n) is 11.1. The van der Waals surface area contributed by atoms with Crippen molar-refractivity contribution in [2.24, 2.45) is 5.41 Å². The molecule has 6 heteroatoms. The van der Waals surface area contributed by atoms with Gasteiger partial charge in [-0.15, -0.1) is 0 Å². The van der Waals surface area contributed by atoms with E-state index in [-0.39, 0.29) is 16.4 Å². The topological polar surface area (TPSA) is 55.4 Å². The molecule has 4 nitrogen and oxygen atoms in total. The highest BCUT2D eigenvalue weighted by Crippen LogP contribution is 2.49. The molecule has 0 aromatic heterocycles. The van der Waals surface area contributed by atoms with E-state index in [1.807, 2.05) is 0 Å². The van der Waals surface area contributed by atoms with Gasteiger partial charge in [0.05, 0.1) is 4.90 Å². The highest BCUT2D eigenvalue weighted by molar-refractivity contribution is 7.89. The summed E-state index contributed by atoms with van der Waals surface area (Å²) in [5.74, 6) is -0.437. The number of rotatable bonds is 3. The minimum absolute atomic E-state index is 0.0264. The third-order valence-corrected chi connectivity index (χ3v) is 6.07. The largest absolute Gasteiger partial charge is 0.381 e. The molecule has 1 unspecified atom stereocenters. The molecule has 1 spiro atoms. The van der Waals surface area contributed by atoms with Crippen LogP contribution in [0.3, 0.4) is 0 Å². The Balaban J connectivity index is 1.75. The summed E-state index contributed by atoms with van der Waals surface area (Å²) in [6.07, 6.45) is 3.72. The molecule has 1 heterocycles. The summed E-state index contributed by atoms with van der Waals surface area (Å²) in [5, 5.41) is 0. The summed E-state index contributed by atoms with van der Waals surface area (Å²) in [5.41, 5.74) is 0.0609. The molecule has 110 valence electrons. The number of nitrogens with one attached hydrogen (secondary N) is 1. The van der Waals surface area contributed by atoms with Crippen molar-refractivity contribution in [3.8, 4) is 0 Å². The van der Waals surface area contributed by atoms with Crippen molar-refractivity contribution < 1.29 is 17.5 Å². The lowest BCUT2D eigenvalue weighted by Gasteiger charge is -2.51. The second kappa shape index (κ2) is 5.09. The standard InChI is InChI=1S/C14H18FNO3S/c15-11-1-3-12(4-2-11)20(17,18)16-13-5-6-14(13)7-9-19-10-8-14/h1-4,13,16H,5-10H2. The molecule has 1 aromatic rings. The predicted molar refractivity (Wildman–Crippen MR) is 72.2 cm³/mol. The third kappa shape index (κ3) is 2.47. The number of hydrogen-bond donors (Lipinski definition) is 1. The first-order valence-corrected chi connectivity index (χ1v) is 8.36. The Bertz CT molecular complexity index is 579. The number of sulfonamides is 1. The van der Waals surface area contributed by atoms with Gasteiger partial charge in [0.1, 0.15) is 5.82 Å². The summed E-state index contributed by atoms with van der Waals surface area (Å²) in [4.78, 5) is 0.119. The average molecular weight is 299 g/mol. The minimum Gasteiger partial charge on any atom is -0.381 e. The lowest BCUT2D eigenvalue weighted by Crippen LogP contribution is -2.57. The Morgan fingerprint density at radius 3 is 2.35 bits per heavy atom. The number of ether oxygens (including phenoxy) is 1. The highest BCUT2D eigenvalue weighted by Gasteiger charge is 2.48. The molecule has 0 bridgehead atoms. The zero-order chi connectivity index (χ0) is 14.2. The average Bonchev–Trinajstić information content (AvgIpc) is 2.45. The van der Waals surface area contributed by atoms with Crippen LogP contribution < -0.4 is 4.72 Å². The first kappa shape index (κ1) is 14.0. The minimum atomic E-state index is -3.57. The van der Waals surface area contributed by atoms with E-state index in [4.69, 9.17) is 4.74 Å². The second-order valence-corrected chi connectivity index (χ2v) is 7.36. The predicted octanol–water partition coefficient (Wildman–Crippen LogP) is 2.06. The Labute approximate surface area is 118 Å². The van der Waals surface area contributed by atoms with Gasteiger partial charge in [-0.1, -0.05) is 0 Å². The van der Waals surface area contributed by atoms with Crippen LogP contribution in [0.15, 0.2) is 29.2 Å². The van der Waals surface area contributed by atoms with E-state index in [0.29, 0.717) is 13.2 Å². The normalized spacial score (nSPS) is 25.4. The van der Waals surface area contributed by atoms with Crippen molar-refractivity contribution in [2.45, 2.75) is 36.6 Å². The van der Waals surface area contributed by atoms with Gasteiger partial charge in [-0.05, 0) is 55.4 Å². The number of hydrogen-bond acceptors (Lipinski definition) is 3. The van der Waals surface area contributed by atoms with Gasteiger partial charge in [-0.2, -0.15) is 0 Å². The molecule has 1 aliphatic heterocycles. The molecule has 1 atom stereocenters. The molecule has 20 heavy (non-hydrogen) atoms. The van der Waals surface area contributed by atoms with E-state index >= 15 is 0 Å². The van der Waals surface area contributed by atoms with E-state index in [2.05, 4.69) is 4.72 Å². The van der Waals surface area contributed by atoms with Crippen LogP contribution in [0, 0.1) is 11.2 Å². The van der Waals surface area contributed by atoms with Gasteiger partial charge in [0, 0.05) is 19.3 Å². The van der Waals surface area contributed by atoms with Crippen molar-refractivity contribution in [1.82, 2.24) is 4.72 Å². The van der Waals surface area contributed by atoms with Crippen LogP contribution in [-0.4, -0.2) is 27.7 Å². The highest BCUT2D eigenvalue weighted by atomic mass is 32.2. The first-order chi connectivity index (χ1) is 9.52. The fraction of sp³-hybridized carbons (Fsp3) is 0.571. The molecule has 2 aliphatic rings. The van der Waals surface area contributed by atoms with Gasteiger partial charge in [-0.25, -0.2) is 17.5 Å². The summed E-state index contributed by atoms with van der Waals surface area (Å²) in [6, 6.07) is 4.90. The van der Waals surface area contributed by atoms with Crippen molar-refractivity contribution >= 4 is 10.0 Å².